The monoisotopic (exact) mass is 394 g/mol. The molecule has 1 aromatic carbocycles. The fourth-order valence-electron chi connectivity index (χ4n) is 2.99. The second kappa shape index (κ2) is 8.74. The first-order valence-electron chi connectivity index (χ1n) is 9.51. The number of carbonyl (C=O) groups is 1. The Morgan fingerprint density at radius 3 is 2.59 bits per heavy atom. The first-order valence-corrected chi connectivity index (χ1v) is 9.51. The van der Waals surface area contributed by atoms with Crippen molar-refractivity contribution in [3.63, 3.8) is 0 Å². The van der Waals surface area contributed by atoms with Crippen LogP contribution in [0.25, 0.3) is 10.9 Å². The van der Waals surface area contributed by atoms with Crippen LogP contribution in [0, 0.1) is 5.41 Å². The molecule has 0 atom stereocenters. The summed E-state index contributed by atoms with van der Waals surface area (Å²) in [7, 11) is 1.46. The number of amides is 1. The number of H-pyrrole nitrogens is 1. The average Bonchev–Trinajstić information content (AvgIpc) is 3.14. The Labute approximate surface area is 169 Å². The SMILES string of the molecule is CCN(CC)Cc1cc(Oc2ccc3cc(C(=O)N(C)C(=N)N)[nH]c3c2)ccn1. The number of carbonyl (C=O) groups excluding carboxylic acids is 1. The van der Waals surface area contributed by atoms with Crippen molar-refractivity contribution in [2.75, 3.05) is 20.1 Å². The molecule has 0 aliphatic carbocycles. The number of pyridine rings is 1. The number of aromatic amines is 1. The molecule has 0 radical (unpaired) electrons. The van der Waals surface area contributed by atoms with Crippen LogP contribution in [0.3, 0.4) is 0 Å². The molecule has 2 aromatic heterocycles. The summed E-state index contributed by atoms with van der Waals surface area (Å²) in [5.74, 6) is 0.682. The molecule has 0 aliphatic rings. The molecular weight excluding hydrogens is 368 g/mol. The summed E-state index contributed by atoms with van der Waals surface area (Å²) in [6.07, 6.45) is 1.75. The summed E-state index contributed by atoms with van der Waals surface area (Å²) in [5.41, 5.74) is 7.46. The molecule has 0 bridgehead atoms. The highest BCUT2D eigenvalue weighted by Crippen LogP contribution is 2.26. The minimum Gasteiger partial charge on any atom is -0.457 e. The van der Waals surface area contributed by atoms with Gasteiger partial charge in [-0.15, -0.1) is 0 Å². The van der Waals surface area contributed by atoms with Gasteiger partial charge in [0.15, 0.2) is 5.96 Å². The van der Waals surface area contributed by atoms with E-state index in [1.165, 1.54) is 7.05 Å². The molecule has 3 aromatic rings. The number of nitrogens with zero attached hydrogens (tertiary/aromatic N) is 3. The normalized spacial score (nSPS) is 11.0. The van der Waals surface area contributed by atoms with Crippen LogP contribution in [0.5, 0.6) is 11.5 Å². The van der Waals surface area contributed by atoms with Crippen molar-refractivity contribution in [1.82, 2.24) is 19.8 Å². The van der Waals surface area contributed by atoms with Crippen LogP contribution in [0.1, 0.15) is 30.0 Å². The zero-order valence-electron chi connectivity index (χ0n) is 16.9. The van der Waals surface area contributed by atoms with Crippen molar-refractivity contribution in [2.45, 2.75) is 20.4 Å². The van der Waals surface area contributed by atoms with Gasteiger partial charge in [0, 0.05) is 42.8 Å². The lowest BCUT2D eigenvalue weighted by Gasteiger charge is -2.17. The largest absolute Gasteiger partial charge is 0.457 e. The van der Waals surface area contributed by atoms with E-state index in [2.05, 4.69) is 28.7 Å². The van der Waals surface area contributed by atoms with E-state index in [4.69, 9.17) is 15.9 Å². The zero-order chi connectivity index (χ0) is 21.0. The van der Waals surface area contributed by atoms with Crippen molar-refractivity contribution in [2.24, 2.45) is 5.73 Å². The van der Waals surface area contributed by atoms with Crippen LogP contribution in [-0.2, 0) is 6.54 Å². The lowest BCUT2D eigenvalue weighted by Crippen LogP contribution is -2.38. The third-order valence-electron chi connectivity index (χ3n) is 4.79. The van der Waals surface area contributed by atoms with Crippen molar-refractivity contribution >= 4 is 22.8 Å². The van der Waals surface area contributed by atoms with E-state index in [0.717, 1.165) is 41.1 Å². The molecule has 0 unspecified atom stereocenters. The molecule has 0 fully saturated rings. The summed E-state index contributed by atoms with van der Waals surface area (Å²) >= 11 is 0. The van der Waals surface area contributed by atoms with Gasteiger partial charge in [-0.3, -0.25) is 25.0 Å². The molecule has 152 valence electrons. The molecule has 3 rings (SSSR count). The minimum absolute atomic E-state index is 0.309. The van der Waals surface area contributed by atoms with E-state index in [1.54, 1.807) is 12.3 Å². The number of nitrogens with two attached hydrogens (primary N) is 1. The average molecular weight is 394 g/mol. The van der Waals surface area contributed by atoms with Gasteiger partial charge >= 0.3 is 0 Å². The molecule has 0 saturated heterocycles. The third-order valence-corrected chi connectivity index (χ3v) is 4.79. The number of hydrogen-bond donors (Lipinski definition) is 3. The highest BCUT2D eigenvalue weighted by molar-refractivity contribution is 6.05. The van der Waals surface area contributed by atoms with Crippen molar-refractivity contribution in [1.29, 1.82) is 5.41 Å². The van der Waals surface area contributed by atoms with Gasteiger partial charge in [0.2, 0.25) is 0 Å². The summed E-state index contributed by atoms with van der Waals surface area (Å²) in [6, 6.07) is 11.1. The van der Waals surface area contributed by atoms with Crippen molar-refractivity contribution in [3.8, 4) is 11.5 Å². The molecule has 2 heterocycles. The molecule has 8 heteroatoms. The molecule has 1 amide bonds. The predicted octanol–water partition coefficient (Wildman–Crippen LogP) is 3.16. The van der Waals surface area contributed by atoms with Crippen LogP contribution in [0.2, 0.25) is 0 Å². The Hall–Kier alpha value is -3.39. The molecule has 0 spiro atoms. The standard InChI is InChI=1S/C21H26N6O2/c1-4-27(5-2)13-15-11-17(8-9-24-15)29-16-7-6-14-10-19(25-18(14)12-16)20(28)26(3)21(22)23/h6-12,25H,4-5,13H2,1-3H3,(H3,22,23). The Kier molecular flexibility index (Phi) is 6.13. The molecule has 8 nitrogen and oxygen atoms in total. The molecule has 4 N–H and O–H groups in total. The van der Waals surface area contributed by atoms with Gasteiger partial charge in [0.05, 0.1) is 5.69 Å². The second-order valence-corrected chi connectivity index (χ2v) is 6.73. The fraction of sp³-hybridized carbons (Fsp3) is 0.286. The third kappa shape index (κ3) is 4.72. The lowest BCUT2D eigenvalue weighted by atomic mass is 10.2. The molecular formula is C21H26N6O2. The number of aromatic nitrogens is 2. The Balaban J connectivity index is 1.79. The first-order chi connectivity index (χ1) is 13.9. The lowest BCUT2D eigenvalue weighted by molar-refractivity contribution is 0.0864. The Bertz CT molecular complexity index is 1020. The van der Waals surface area contributed by atoms with Crippen LogP contribution in [0.4, 0.5) is 0 Å². The van der Waals surface area contributed by atoms with Crippen LogP contribution < -0.4 is 10.5 Å². The van der Waals surface area contributed by atoms with Crippen molar-refractivity contribution in [3.05, 3.63) is 54.0 Å². The van der Waals surface area contributed by atoms with Gasteiger partial charge in [-0.25, -0.2) is 0 Å². The number of guanidine groups is 1. The Morgan fingerprint density at radius 1 is 1.17 bits per heavy atom. The number of nitrogens with one attached hydrogen (secondary N) is 2. The van der Waals surface area contributed by atoms with Crippen LogP contribution in [0.15, 0.2) is 42.6 Å². The first kappa shape index (κ1) is 20.3. The van der Waals surface area contributed by atoms with E-state index in [1.807, 2.05) is 30.3 Å². The van der Waals surface area contributed by atoms with E-state index < -0.39 is 0 Å². The number of rotatable bonds is 7. The maximum absolute atomic E-state index is 12.3. The number of hydrogen-bond acceptors (Lipinski definition) is 5. The number of benzene rings is 1. The smallest absolute Gasteiger partial charge is 0.276 e. The topological polar surface area (TPSA) is 111 Å². The van der Waals surface area contributed by atoms with E-state index in [0.29, 0.717) is 17.2 Å². The fourth-order valence-corrected chi connectivity index (χ4v) is 2.99. The molecule has 0 saturated carbocycles. The summed E-state index contributed by atoms with van der Waals surface area (Å²) < 4.78 is 6.00. The second-order valence-electron chi connectivity index (χ2n) is 6.73. The van der Waals surface area contributed by atoms with Gasteiger partial charge < -0.3 is 15.5 Å². The van der Waals surface area contributed by atoms with Gasteiger partial charge in [-0.2, -0.15) is 0 Å². The summed E-state index contributed by atoms with van der Waals surface area (Å²) in [5, 5.41) is 8.27. The number of fused-ring (bicyclic) bond motifs is 1. The predicted molar refractivity (Wildman–Crippen MR) is 113 cm³/mol. The number of ether oxygens (including phenoxy) is 1. The van der Waals surface area contributed by atoms with Gasteiger partial charge in [0.25, 0.3) is 5.91 Å². The highest BCUT2D eigenvalue weighted by Gasteiger charge is 2.16. The van der Waals surface area contributed by atoms with Gasteiger partial charge in [0.1, 0.15) is 17.2 Å². The van der Waals surface area contributed by atoms with Gasteiger partial charge in [-0.1, -0.05) is 13.8 Å². The molecule has 29 heavy (non-hydrogen) atoms. The highest BCUT2D eigenvalue weighted by atomic mass is 16.5. The maximum Gasteiger partial charge on any atom is 0.276 e. The van der Waals surface area contributed by atoms with Gasteiger partial charge in [-0.05, 0) is 37.4 Å². The zero-order valence-corrected chi connectivity index (χ0v) is 16.9. The summed E-state index contributed by atoms with van der Waals surface area (Å²) in [6.45, 7) is 6.96. The van der Waals surface area contributed by atoms with Crippen molar-refractivity contribution < 1.29 is 9.53 Å². The molecule has 0 aliphatic heterocycles. The van der Waals surface area contributed by atoms with Crippen LogP contribution >= 0.6 is 0 Å². The maximum atomic E-state index is 12.3. The van der Waals surface area contributed by atoms with E-state index in [9.17, 15) is 4.79 Å². The van der Waals surface area contributed by atoms with E-state index in [-0.39, 0.29) is 11.9 Å². The quantitative estimate of drug-likeness (QED) is 0.421. The van der Waals surface area contributed by atoms with E-state index >= 15 is 0 Å². The Morgan fingerprint density at radius 2 is 1.90 bits per heavy atom. The summed E-state index contributed by atoms with van der Waals surface area (Å²) in [4.78, 5) is 23.2. The van der Waals surface area contributed by atoms with Crippen LogP contribution in [-0.4, -0.2) is 51.8 Å². The minimum atomic E-state index is -0.369.